The lowest BCUT2D eigenvalue weighted by molar-refractivity contribution is -0.122. The topological polar surface area (TPSA) is 41.1 Å². The maximum Gasteiger partial charge on any atom is 0.220 e. The van der Waals surface area contributed by atoms with Crippen molar-refractivity contribution in [2.75, 3.05) is 19.6 Å². The summed E-state index contributed by atoms with van der Waals surface area (Å²) in [5, 5.41) is 6.36. The van der Waals surface area contributed by atoms with Gasteiger partial charge in [0.15, 0.2) is 0 Å². The van der Waals surface area contributed by atoms with Gasteiger partial charge in [0.1, 0.15) is 0 Å². The van der Waals surface area contributed by atoms with Crippen molar-refractivity contribution in [3.63, 3.8) is 0 Å². The summed E-state index contributed by atoms with van der Waals surface area (Å²) in [6.45, 7) is 9.50. The highest BCUT2D eigenvalue weighted by Gasteiger charge is 2.20. The summed E-state index contributed by atoms with van der Waals surface area (Å²) in [6.07, 6.45) is 4.18. The Morgan fingerprint density at radius 2 is 2.25 bits per heavy atom. The fourth-order valence-corrected chi connectivity index (χ4v) is 2.33. The van der Waals surface area contributed by atoms with Crippen LogP contribution in [-0.2, 0) is 4.79 Å². The van der Waals surface area contributed by atoms with Crippen molar-refractivity contribution in [2.45, 2.75) is 46.5 Å². The Labute approximate surface area is 99.4 Å². The van der Waals surface area contributed by atoms with Gasteiger partial charge in [-0.2, -0.15) is 0 Å². The van der Waals surface area contributed by atoms with E-state index in [4.69, 9.17) is 0 Å². The summed E-state index contributed by atoms with van der Waals surface area (Å²) in [4.78, 5) is 11.7. The first-order chi connectivity index (χ1) is 7.53. The third-order valence-electron chi connectivity index (χ3n) is 3.33. The van der Waals surface area contributed by atoms with Crippen molar-refractivity contribution in [3.05, 3.63) is 0 Å². The molecule has 0 aromatic rings. The van der Waals surface area contributed by atoms with Gasteiger partial charge in [0.05, 0.1) is 0 Å². The van der Waals surface area contributed by atoms with Crippen molar-refractivity contribution >= 4 is 5.91 Å². The predicted molar refractivity (Wildman–Crippen MR) is 67.3 cm³/mol. The molecule has 1 aliphatic heterocycles. The number of nitrogens with one attached hydrogen (secondary N) is 2. The maximum atomic E-state index is 11.7. The van der Waals surface area contributed by atoms with E-state index in [9.17, 15) is 4.79 Å². The zero-order valence-corrected chi connectivity index (χ0v) is 10.9. The monoisotopic (exact) mass is 226 g/mol. The van der Waals surface area contributed by atoms with E-state index in [2.05, 4.69) is 31.4 Å². The van der Waals surface area contributed by atoms with Gasteiger partial charge < -0.3 is 10.6 Å². The molecule has 0 aliphatic carbocycles. The van der Waals surface area contributed by atoms with E-state index in [0.29, 0.717) is 12.3 Å². The largest absolute Gasteiger partial charge is 0.356 e. The minimum Gasteiger partial charge on any atom is -0.356 e. The molecule has 0 radical (unpaired) electrons. The second-order valence-electron chi connectivity index (χ2n) is 5.75. The maximum absolute atomic E-state index is 11.7. The number of amides is 1. The molecular formula is C13H26N2O. The van der Waals surface area contributed by atoms with Crippen LogP contribution in [0.15, 0.2) is 0 Å². The molecule has 1 unspecified atom stereocenters. The van der Waals surface area contributed by atoms with E-state index in [-0.39, 0.29) is 11.3 Å². The van der Waals surface area contributed by atoms with Gasteiger partial charge in [-0.15, -0.1) is 0 Å². The lowest BCUT2D eigenvalue weighted by Crippen LogP contribution is -2.35. The minimum absolute atomic E-state index is 0.220. The van der Waals surface area contributed by atoms with E-state index < -0.39 is 0 Å². The molecule has 1 saturated heterocycles. The first-order valence-corrected chi connectivity index (χ1v) is 6.51. The molecule has 0 spiro atoms. The van der Waals surface area contributed by atoms with Crippen LogP contribution in [0.25, 0.3) is 0 Å². The van der Waals surface area contributed by atoms with Gasteiger partial charge in [-0.3, -0.25) is 4.79 Å². The Kier molecular flexibility index (Phi) is 5.26. The molecule has 94 valence electrons. The molecule has 1 rings (SSSR count). The molecule has 1 fully saturated rings. The highest BCUT2D eigenvalue weighted by atomic mass is 16.1. The molecule has 0 saturated carbocycles. The molecule has 0 aromatic heterocycles. The highest BCUT2D eigenvalue weighted by Crippen LogP contribution is 2.21. The zero-order chi connectivity index (χ0) is 12.0. The third kappa shape index (κ3) is 4.97. The summed E-state index contributed by atoms with van der Waals surface area (Å²) in [5.74, 6) is 0.771. The van der Waals surface area contributed by atoms with Crippen LogP contribution < -0.4 is 10.6 Å². The smallest absolute Gasteiger partial charge is 0.220 e. The molecular weight excluding hydrogens is 200 g/mol. The molecule has 3 heteroatoms. The van der Waals surface area contributed by atoms with Gasteiger partial charge >= 0.3 is 0 Å². The number of rotatable bonds is 6. The molecule has 16 heavy (non-hydrogen) atoms. The minimum atomic E-state index is 0.220. The molecule has 1 heterocycles. The van der Waals surface area contributed by atoms with Gasteiger partial charge in [0.2, 0.25) is 5.91 Å². The lowest BCUT2D eigenvalue weighted by Gasteiger charge is -2.24. The van der Waals surface area contributed by atoms with Crippen LogP contribution >= 0.6 is 0 Å². The number of carbonyl (C=O) groups excluding carboxylic acids is 1. The second kappa shape index (κ2) is 6.24. The average molecular weight is 226 g/mol. The Balaban J connectivity index is 2.18. The van der Waals surface area contributed by atoms with Gasteiger partial charge in [-0.25, -0.2) is 0 Å². The summed E-state index contributed by atoms with van der Waals surface area (Å²) < 4.78 is 0. The van der Waals surface area contributed by atoms with Crippen molar-refractivity contribution in [1.29, 1.82) is 0 Å². The first kappa shape index (κ1) is 13.5. The number of hydrogen-bond donors (Lipinski definition) is 2. The fraction of sp³-hybridized carbons (Fsp3) is 0.923. The molecule has 1 aliphatic rings. The Bertz CT molecular complexity index is 220. The standard InChI is InChI=1S/C13H26N2O/c1-4-6-13(2,3)10-15-12(16)8-11-5-7-14-9-11/h11,14H,4-10H2,1-3H3,(H,15,16). The van der Waals surface area contributed by atoms with E-state index in [1.807, 2.05) is 0 Å². The normalized spacial score (nSPS) is 21.1. The SMILES string of the molecule is CCCC(C)(C)CNC(=O)CC1CCNC1. The van der Waals surface area contributed by atoms with E-state index >= 15 is 0 Å². The molecule has 1 amide bonds. The molecule has 1 atom stereocenters. The fourth-order valence-electron chi connectivity index (χ4n) is 2.33. The van der Waals surface area contributed by atoms with Crippen LogP contribution in [-0.4, -0.2) is 25.5 Å². The molecule has 3 nitrogen and oxygen atoms in total. The highest BCUT2D eigenvalue weighted by molar-refractivity contribution is 5.76. The Morgan fingerprint density at radius 3 is 2.81 bits per heavy atom. The van der Waals surface area contributed by atoms with E-state index in [1.165, 1.54) is 6.42 Å². The van der Waals surface area contributed by atoms with Gasteiger partial charge in [-0.1, -0.05) is 27.2 Å². The summed E-state index contributed by atoms with van der Waals surface area (Å²) in [5.41, 5.74) is 0.234. The Hall–Kier alpha value is -0.570. The van der Waals surface area contributed by atoms with Crippen LogP contribution in [0, 0.1) is 11.3 Å². The van der Waals surface area contributed by atoms with Crippen LogP contribution in [0.4, 0.5) is 0 Å². The van der Waals surface area contributed by atoms with E-state index in [0.717, 1.165) is 32.5 Å². The molecule has 0 aromatic carbocycles. The van der Waals surface area contributed by atoms with Crippen molar-refractivity contribution in [2.24, 2.45) is 11.3 Å². The van der Waals surface area contributed by atoms with Gasteiger partial charge in [0.25, 0.3) is 0 Å². The van der Waals surface area contributed by atoms with Crippen LogP contribution in [0.5, 0.6) is 0 Å². The zero-order valence-electron chi connectivity index (χ0n) is 10.9. The second-order valence-corrected chi connectivity index (χ2v) is 5.75. The van der Waals surface area contributed by atoms with Crippen molar-refractivity contribution in [3.8, 4) is 0 Å². The molecule has 2 N–H and O–H groups in total. The summed E-state index contributed by atoms with van der Waals surface area (Å²) >= 11 is 0. The summed E-state index contributed by atoms with van der Waals surface area (Å²) in [6, 6.07) is 0. The molecule has 0 bridgehead atoms. The average Bonchev–Trinajstić information content (AvgIpc) is 2.68. The number of carbonyl (C=O) groups is 1. The Morgan fingerprint density at radius 1 is 1.50 bits per heavy atom. The van der Waals surface area contributed by atoms with Gasteiger partial charge in [0, 0.05) is 13.0 Å². The predicted octanol–water partition coefficient (Wildman–Crippen LogP) is 1.93. The van der Waals surface area contributed by atoms with Gasteiger partial charge in [-0.05, 0) is 37.3 Å². The number of hydrogen-bond acceptors (Lipinski definition) is 2. The van der Waals surface area contributed by atoms with Crippen molar-refractivity contribution < 1.29 is 4.79 Å². The summed E-state index contributed by atoms with van der Waals surface area (Å²) in [7, 11) is 0. The first-order valence-electron chi connectivity index (χ1n) is 6.51. The third-order valence-corrected chi connectivity index (χ3v) is 3.33. The van der Waals surface area contributed by atoms with E-state index in [1.54, 1.807) is 0 Å². The van der Waals surface area contributed by atoms with Crippen molar-refractivity contribution in [1.82, 2.24) is 10.6 Å². The lowest BCUT2D eigenvalue weighted by atomic mass is 9.88. The van der Waals surface area contributed by atoms with Crippen LogP contribution in [0.2, 0.25) is 0 Å². The quantitative estimate of drug-likeness (QED) is 0.726. The van der Waals surface area contributed by atoms with Crippen LogP contribution in [0.1, 0.15) is 46.5 Å². The van der Waals surface area contributed by atoms with Crippen LogP contribution in [0.3, 0.4) is 0 Å².